The number of nitrogens with zero attached hydrogens (tertiary/aromatic N) is 1. The summed E-state index contributed by atoms with van der Waals surface area (Å²) in [5.74, 6) is -1.27. The molecule has 0 unspecified atom stereocenters. The molecule has 0 spiro atoms. The number of primary amides is 1. The van der Waals surface area contributed by atoms with Crippen LogP contribution >= 0.6 is 11.3 Å². The molecule has 0 aliphatic heterocycles. The first-order valence-corrected chi connectivity index (χ1v) is 12.2. The summed E-state index contributed by atoms with van der Waals surface area (Å²) >= 11 is 1.35. The minimum absolute atomic E-state index is 0.229. The molecule has 4 aromatic rings. The van der Waals surface area contributed by atoms with Crippen LogP contribution in [0.2, 0.25) is 0 Å². The lowest BCUT2D eigenvalue weighted by Crippen LogP contribution is -2.27. The molecule has 11 heteroatoms. The van der Waals surface area contributed by atoms with Crippen molar-refractivity contribution in [3.63, 3.8) is 0 Å². The van der Waals surface area contributed by atoms with Crippen LogP contribution in [-0.4, -0.2) is 25.1 Å². The van der Waals surface area contributed by atoms with Crippen LogP contribution in [-0.2, 0) is 21.2 Å². The van der Waals surface area contributed by atoms with E-state index < -0.39 is 27.3 Å². The molecule has 2 aromatic heterocycles. The maximum atomic E-state index is 12.7. The molecule has 4 rings (SSSR count). The largest absolute Gasteiger partial charge is 0.431 e. The maximum Gasteiger partial charge on any atom is 0.340 e. The third kappa shape index (κ3) is 5.38. The molecule has 1 amide bonds. The fourth-order valence-electron chi connectivity index (χ4n) is 3.36. The lowest BCUT2D eigenvalue weighted by Gasteiger charge is -2.11. The van der Waals surface area contributed by atoms with Gasteiger partial charge in [0.2, 0.25) is 15.9 Å². The molecular weight excluding hydrogens is 466 g/mol. The van der Waals surface area contributed by atoms with Gasteiger partial charge in [0.05, 0.1) is 0 Å². The topological polar surface area (TPSA) is 142 Å². The van der Waals surface area contributed by atoms with Crippen molar-refractivity contribution in [2.75, 3.05) is 10.5 Å². The van der Waals surface area contributed by atoms with Gasteiger partial charge in [-0.3, -0.25) is 9.52 Å². The van der Waals surface area contributed by atoms with Crippen LogP contribution in [0.5, 0.6) is 10.9 Å². The van der Waals surface area contributed by atoms with E-state index in [-0.39, 0.29) is 12.1 Å². The van der Waals surface area contributed by atoms with Gasteiger partial charge in [-0.2, -0.15) is 0 Å². The Morgan fingerprint density at radius 3 is 2.79 bits per heavy atom. The third-order valence-electron chi connectivity index (χ3n) is 4.79. The van der Waals surface area contributed by atoms with Gasteiger partial charge in [-0.15, -0.1) is 0 Å². The van der Waals surface area contributed by atoms with E-state index in [4.69, 9.17) is 14.9 Å². The van der Waals surface area contributed by atoms with Gasteiger partial charge in [0, 0.05) is 40.7 Å². The van der Waals surface area contributed by atoms with Crippen molar-refractivity contribution in [1.29, 1.82) is 0 Å². The SMILES string of the molecule is Cc1c(Cc2cccc(NS(=O)(=O)CC(N)=O)c2)c(=O)oc2cc(Oc3nccs3)ccc12. The highest BCUT2D eigenvalue weighted by atomic mass is 32.2. The van der Waals surface area contributed by atoms with Gasteiger partial charge < -0.3 is 14.9 Å². The van der Waals surface area contributed by atoms with E-state index in [2.05, 4.69) is 9.71 Å². The van der Waals surface area contributed by atoms with Crippen molar-refractivity contribution in [2.45, 2.75) is 13.3 Å². The number of nitrogens with two attached hydrogens (primary N) is 1. The molecule has 0 bridgehead atoms. The van der Waals surface area contributed by atoms with E-state index in [0.29, 0.717) is 27.7 Å². The second kappa shape index (κ2) is 9.04. The summed E-state index contributed by atoms with van der Waals surface area (Å²) in [5, 5.41) is 3.04. The number of carbonyl (C=O) groups excluding carboxylic acids is 1. The second-order valence-corrected chi connectivity index (χ2v) is 9.84. The van der Waals surface area contributed by atoms with Crippen molar-refractivity contribution >= 4 is 43.9 Å². The molecular formula is C22H19N3O6S2. The molecule has 0 aliphatic carbocycles. The molecule has 2 heterocycles. The standard InChI is InChI=1S/C22H19N3O6S2/c1-13-17-6-5-16(30-22-24-7-8-32-22)11-19(17)31-21(27)18(13)10-14-3-2-4-15(9-14)25-33(28,29)12-20(23)26/h2-9,11,25H,10,12H2,1H3,(H2,23,26). The zero-order valence-corrected chi connectivity index (χ0v) is 19.0. The minimum Gasteiger partial charge on any atom is -0.431 e. The Labute approximate surface area is 192 Å². The molecule has 0 atom stereocenters. The molecule has 2 aromatic carbocycles. The van der Waals surface area contributed by atoms with Crippen LogP contribution in [0.1, 0.15) is 16.7 Å². The first-order chi connectivity index (χ1) is 15.7. The Kier molecular flexibility index (Phi) is 6.16. The summed E-state index contributed by atoms with van der Waals surface area (Å²) in [4.78, 5) is 27.8. The number of aromatic nitrogens is 1. The number of rotatable bonds is 8. The van der Waals surface area contributed by atoms with Crippen molar-refractivity contribution < 1.29 is 22.4 Å². The predicted octanol–water partition coefficient (Wildman–Crippen LogP) is 3.17. The summed E-state index contributed by atoms with van der Waals surface area (Å²) in [6.07, 6.45) is 1.86. The summed E-state index contributed by atoms with van der Waals surface area (Å²) < 4.78 is 37.5. The van der Waals surface area contributed by atoms with Crippen molar-refractivity contribution in [2.24, 2.45) is 5.73 Å². The van der Waals surface area contributed by atoms with E-state index >= 15 is 0 Å². The minimum atomic E-state index is -3.91. The fourth-order valence-corrected chi connectivity index (χ4v) is 4.79. The Bertz CT molecular complexity index is 1490. The predicted molar refractivity (Wildman–Crippen MR) is 125 cm³/mol. The number of carbonyl (C=O) groups is 1. The molecule has 0 saturated heterocycles. The van der Waals surface area contributed by atoms with Gasteiger partial charge in [-0.1, -0.05) is 23.5 Å². The molecule has 0 radical (unpaired) electrons. The van der Waals surface area contributed by atoms with Gasteiger partial charge in [0.25, 0.3) is 5.19 Å². The maximum absolute atomic E-state index is 12.7. The summed E-state index contributed by atoms with van der Waals surface area (Å²) in [5.41, 5.74) is 7.03. The first-order valence-electron chi connectivity index (χ1n) is 9.71. The number of thiazole rings is 1. The van der Waals surface area contributed by atoms with E-state index in [1.54, 1.807) is 48.0 Å². The zero-order valence-electron chi connectivity index (χ0n) is 17.4. The molecule has 33 heavy (non-hydrogen) atoms. The number of hydrogen-bond acceptors (Lipinski definition) is 8. The first kappa shape index (κ1) is 22.5. The number of fused-ring (bicyclic) bond motifs is 1. The smallest absolute Gasteiger partial charge is 0.340 e. The monoisotopic (exact) mass is 485 g/mol. The average molecular weight is 486 g/mol. The van der Waals surface area contributed by atoms with Gasteiger partial charge in [-0.25, -0.2) is 18.2 Å². The Morgan fingerprint density at radius 1 is 1.24 bits per heavy atom. The molecule has 0 aliphatic rings. The van der Waals surface area contributed by atoms with Crippen LogP contribution in [0, 0.1) is 6.92 Å². The van der Waals surface area contributed by atoms with Crippen LogP contribution in [0.25, 0.3) is 11.0 Å². The summed E-state index contributed by atoms with van der Waals surface area (Å²) in [7, 11) is -3.91. The lowest BCUT2D eigenvalue weighted by molar-refractivity contribution is -0.115. The van der Waals surface area contributed by atoms with E-state index in [1.807, 2.05) is 13.0 Å². The normalized spacial score (nSPS) is 11.4. The highest BCUT2D eigenvalue weighted by Gasteiger charge is 2.16. The number of aryl methyl sites for hydroxylation is 1. The highest BCUT2D eigenvalue weighted by Crippen LogP contribution is 2.29. The second-order valence-electron chi connectivity index (χ2n) is 7.26. The third-order valence-corrected chi connectivity index (χ3v) is 6.65. The number of amides is 1. The number of ether oxygens (including phenoxy) is 1. The van der Waals surface area contributed by atoms with Crippen LogP contribution in [0.4, 0.5) is 5.69 Å². The van der Waals surface area contributed by atoms with Crippen molar-refractivity contribution in [1.82, 2.24) is 4.98 Å². The lowest BCUT2D eigenvalue weighted by atomic mass is 9.99. The summed E-state index contributed by atoms with van der Waals surface area (Å²) in [6, 6.07) is 11.8. The van der Waals surface area contributed by atoms with Gasteiger partial charge >= 0.3 is 5.63 Å². The molecule has 3 N–H and O–H groups in total. The number of hydrogen-bond donors (Lipinski definition) is 2. The highest BCUT2D eigenvalue weighted by molar-refractivity contribution is 7.93. The molecule has 0 fully saturated rings. The molecule has 170 valence electrons. The van der Waals surface area contributed by atoms with Gasteiger partial charge in [0.1, 0.15) is 17.1 Å². The average Bonchev–Trinajstić information content (AvgIpc) is 3.23. The zero-order chi connectivity index (χ0) is 23.6. The number of benzene rings is 2. The molecule has 0 saturated carbocycles. The Morgan fingerprint density at radius 2 is 2.06 bits per heavy atom. The van der Waals surface area contributed by atoms with E-state index in [9.17, 15) is 18.0 Å². The van der Waals surface area contributed by atoms with Crippen LogP contribution < -0.4 is 20.8 Å². The van der Waals surface area contributed by atoms with Gasteiger partial charge in [-0.05, 0) is 42.3 Å². The fraction of sp³-hybridized carbons (Fsp3) is 0.136. The quantitative estimate of drug-likeness (QED) is 0.365. The Hall–Kier alpha value is -3.70. The van der Waals surface area contributed by atoms with Crippen LogP contribution in [0.15, 0.2) is 63.3 Å². The van der Waals surface area contributed by atoms with E-state index in [1.165, 1.54) is 11.3 Å². The van der Waals surface area contributed by atoms with Gasteiger partial charge in [0.15, 0.2) is 0 Å². The summed E-state index contributed by atoms with van der Waals surface area (Å²) in [6.45, 7) is 1.83. The number of sulfonamides is 1. The van der Waals surface area contributed by atoms with E-state index in [0.717, 1.165) is 10.9 Å². The molecule has 9 nitrogen and oxygen atoms in total. The number of nitrogens with one attached hydrogen (secondary N) is 1. The van der Waals surface area contributed by atoms with Crippen molar-refractivity contribution in [3.05, 3.63) is 81.2 Å². The number of anilines is 1. The van der Waals surface area contributed by atoms with Crippen LogP contribution in [0.3, 0.4) is 0 Å². The Balaban J connectivity index is 1.61. The van der Waals surface area contributed by atoms with Crippen molar-refractivity contribution in [3.8, 4) is 10.9 Å².